The van der Waals surface area contributed by atoms with E-state index >= 15 is 0 Å². The summed E-state index contributed by atoms with van der Waals surface area (Å²) < 4.78 is 1.75. The Hall–Kier alpha value is -1.46. The molecule has 1 aromatic heterocycles. The number of aromatic nitrogens is 4. The van der Waals surface area contributed by atoms with E-state index in [9.17, 15) is 9.90 Å². The van der Waals surface area contributed by atoms with Gasteiger partial charge in [0.05, 0.1) is 12.0 Å². The van der Waals surface area contributed by atoms with Gasteiger partial charge in [-0.2, -0.15) is 0 Å². The van der Waals surface area contributed by atoms with Gasteiger partial charge in [-0.05, 0) is 42.0 Å². The van der Waals surface area contributed by atoms with Crippen molar-refractivity contribution in [1.82, 2.24) is 20.2 Å². The molecule has 0 bridgehead atoms. The molecule has 0 spiro atoms. The molecule has 2 saturated carbocycles. The minimum Gasteiger partial charge on any atom is -0.481 e. The third kappa shape index (κ3) is 2.03. The molecular weight excluding hydrogens is 244 g/mol. The molecule has 2 unspecified atom stereocenters. The van der Waals surface area contributed by atoms with Crippen LogP contribution >= 0.6 is 0 Å². The molecule has 2 aliphatic rings. The van der Waals surface area contributed by atoms with Gasteiger partial charge in [0.15, 0.2) is 5.82 Å². The first-order chi connectivity index (χ1) is 9.12. The Labute approximate surface area is 112 Å². The van der Waals surface area contributed by atoms with Crippen molar-refractivity contribution in [1.29, 1.82) is 0 Å². The van der Waals surface area contributed by atoms with Gasteiger partial charge in [0, 0.05) is 5.92 Å². The highest BCUT2D eigenvalue weighted by Gasteiger charge is 2.46. The van der Waals surface area contributed by atoms with E-state index in [2.05, 4.69) is 22.4 Å². The zero-order chi connectivity index (χ0) is 13.5. The smallest absolute Gasteiger partial charge is 0.311 e. The van der Waals surface area contributed by atoms with E-state index in [4.69, 9.17) is 0 Å². The fraction of sp³-hybridized carbons (Fsp3) is 0.846. The van der Waals surface area contributed by atoms with Gasteiger partial charge in [0.1, 0.15) is 0 Å². The van der Waals surface area contributed by atoms with Gasteiger partial charge in [-0.15, -0.1) is 5.10 Å². The molecule has 1 N–H and O–H groups in total. The number of aliphatic carboxylic acids is 1. The van der Waals surface area contributed by atoms with E-state index < -0.39 is 11.4 Å². The van der Waals surface area contributed by atoms with Crippen LogP contribution in [0.1, 0.15) is 57.2 Å². The molecule has 2 fully saturated rings. The van der Waals surface area contributed by atoms with Gasteiger partial charge in [-0.25, -0.2) is 4.68 Å². The lowest BCUT2D eigenvalue weighted by Gasteiger charge is -2.37. The van der Waals surface area contributed by atoms with Crippen LogP contribution in [-0.4, -0.2) is 31.3 Å². The predicted octanol–water partition coefficient (Wildman–Crippen LogP) is 1.83. The van der Waals surface area contributed by atoms with E-state index in [0.29, 0.717) is 18.4 Å². The number of rotatable bonds is 4. The van der Waals surface area contributed by atoms with Crippen LogP contribution in [0.4, 0.5) is 0 Å². The number of nitrogens with zero attached hydrogens (tertiary/aromatic N) is 4. The van der Waals surface area contributed by atoms with Gasteiger partial charge < -0.3 is 5.11 Å². The van der Waals surface area contributed by atoms with Crippen LogP contribution in [0.25, 0.3) is 0 Å². The second-order valence-corrected chi connectivity index (χ2v) is 6.15. The summed E-state index contributed by atoms with van der Waals surface area (Å²) in [6, 6.07) is 0. The van der Waals surface area contributed by atoms with E-state index in [-0.39, 0.29) is 0 Å². The Bertz CT molecular complexity index is 481. The molecule has 19 heavy (non-hydrogen) atoms. The molecule has 2 aliphatic carbocycles. The average molecular weight is 264 g/mol. The molecule has 6 heteroatoms. The summed E-state index contributed by atoms with van der Waals surface area (Å²) in [5.41, 5.74) is -0.633. The van der Waals surface area contributed by atoms with Crippen LogP contribution in [0.3, 0.4) is 0 Å². The molecule has 3 rings (SSSR count). The lowest BCUT2D eigenvalue weighted by molar-refractivity contribution is -0.156. The molecule has 0 amide bonds. The number of tetrazole rings is 1. The first kappa shape index (κ1) is 12.6. The van der Waals surface area contributed by atoms with Crippen LogP contribution in [0.5, 0.6) is 0 Å². The summed E-state index contributed by atoms with van der Waals surface area (Å²) in [7, 11) is 0. The molecule has 0 aliphatic heterocycles. The largest absolute Gasteiger partial charge is 0.481 e. The predicted molar refractivity (Wildman–Crippen MR) is 67.5 cm³/mol. The summed E-state index contributed by atoms with van der Waals surface area (Å²) in [6.45, 7) is 2.65. The van der Waals surface area contributed by atoms with Gasteiger partial charge in [-0.3, -0.25) is 4.79 Å². The fourth-order valence-electron chi connectivity index (χ4n) is 3.45. The first-order valence-corrected chi connectivity index (χ1v) is 7.12. The van der Waals surface area contributed by atoms with Crippen LogP contribution in [0.15, 0.2) is 0 Å². The summed E-state index contributed by atoms with van der Waals surface area (Å²) in [4.78, 5) is 11.4. The van der Waals surface area contributed by atoms with Gasteiger partial charge in [0.2, 0.25) is 0 Å². The van der Waals surface area contributed by atoms with Crippen LogP contribution in [0, 0.1) is 11.3 Å². The summed E-state index contributed by atoms with van der Waals surface area (Å²) in [6.07, 6.45) is 6.00. The second kappa shape index (κ2) is 4.58. The monoisotopic (exact) mass is 264 g/mol. The maximum absolute atomic E-state index is 11.4. The van der Waals surface area contributed by atoms with Gasteiger partial charge in [-0.1, -0.05) is 19.8 Å². The topological polar surface area (TPSA) is 80.9 Å². The molecule has 104 valence electrons. The Morgan fingerprint density at radius 3 is 2.74 bits per heavy atom. The highest BCUT2D eigenvalue weighted by atomic mass is 16.4. The Morgan fingerprint density at radius 2 is 2.21 bits per heavy atom. The standard InChI is InChI=1S/C13H20N4O2/c1-9-4-2-5-10(9)11-14-15-16-17(11)8-13(12(18)19)6-3-7-13/h9-10H,2-8H2,1H3,(H,18,19). The summed E-state index contributed by atoms with van der Waals surface area (Å²) >= 11 is 0. The van der Waals surface area contributed by atoms with E-state index in [1.807, 2.05) is 0 Å². The van der Waals surface area contributed by atoms with Crippen molar-refractivity contribution in [3.8, 4) is 0 Å². The molecule has 2 atom stereocenters. The number of carbonyl (C=O) groups is 1. The SMILES string of the molecule is CC1CCCC1c1nnnn1CC1(C(=O)O)CCC1. The van der Waals surface area contributed by atoms with Crippen molar-refractivity contribution >= 4 is 5.97 Å². The van der Waals surface area contributed by atoms with E-state index in [1.165, 1.54) is 12.8 Å². The van der Waals surface area contributed by atoms with Crippen molar-refractivity contribution in [2.75, 3.05) is 0 Å². The zero-order valence-electron chi connectivity index (χ0n) is 11.2. The minimum atomic E-state index is -0.709. The number of hydrogen-bond donors (Lipinski definition) is 1. The Balaban J connectivity index is 1.82. The van der Waals surface area contributed by atoms with E-state index in [1.54, 1.807) is 4.68 Å². The normalized spacial score (nSPS) is 29.1. The first-order valence-electron chi connectivity index (χ1n) is 7.12. The molecule has 0 radical (unpaired) electrons. The van der Waals surface area contributed by atoms with Gasteiger partial charge >= 0.3 is 5.97 Å². The van der Waals surface area contributed by atoms with Crippen molar-refractivity contribution in [3.63, 3.8) is 0 Å². The maximum atomic E-state index is 11.4. The summed E-state index contributed by atoms with van der Waals surface area (Å²) in [5.74, 6) is 1.16. The molecule has 1 aromatic rings. The average Bonchev–Trinajstić information content (AvgIpc) is 2.91. The molecule has 1 heterocycles. The third-order valence-corrected chi connectivity index (χ3v) is 4.97. The molecule has 0 aromatic carbocycles. The maximum Gasteiger partial charge on any atom is 0.311 e. The van der Waals surface area contributed by atoms with Crippen molar-refractivity contribution < 1.29 is 9.90 Å². The summed E-state index contributed by atoms with van der Waals surface area (Å²) in [5, 5.41) is 21.4. The quantitative estimate of drug-likeness (QED) is 0.897. The van der Waals surface area contributed by atoms with Crippen LogP contribution in [-0.2, 0) is 11.3 Å². The highest BCUT2D eigenvalue weighted by Crippen LogP contribution is 2.44. The van der Waals surface area contributed by atoms with Crippen molar-refractivity contribution in [2.24, 2.45) is 11.3 Å². The lowest BCUT2D eigenvalue weighted by Crippen LogP contribution is -2.42. The minimum absolute atomic E-state index is 0.390. The third-order valence-electron chi connectivity index (χ3n) is 4.97. The molecular formula is C13H20N4O2. The number of carboxylic acid groups (broad SMARTS) is 1. The van der Waals surface area contributed by atoms with Crippen LogP contribution in [0.2, 0.25) is 0 Å². The zero-order valence-corrected chi connectivity index (χ0v) is 11.2. The van der Waals surface area contributed by atoms with Crippen LogP contribution < -0.4 is 0 Å². The Kier molecular flexibility index (Phi) is 3.03. The Morgan fingerprint density at radius 1 is 1.42 bits per heavy atom. The highest BCUT2D eigenvalue weighted by molar-refractivity contribution is 5.75. The molecule has 6 nitrogen and oxygen atoms in total. The number of carboxylic acids is 1. The lowest BCUT2D eigenvalue weighted by atomic mass is 9.69. The van der Waals surface area contributed by atoms with Crippen molar-refractivity contribution in [3.05, 3.63) is 5.82 Å². The number of hydrogen-bond acceptors (Lipinski definition) is 4. The second-order valence-electron chi connectivity index (χ2n) is 6.15. The van der Waals surface area contributed by atoms with Gasteiger partial charge in [0.25, 0.3) is 0 Å². The molecule has 0 saturated heterocycles. The fourth-order valence-corrected chi connectivity index (χ4v) is 3.45. The van der Waals surface area contributed by atoms with E-state index in [0.717, 1.165) is 31.5 Å². The van der Waals surface area contributed by atoms with Crippen molar-refractivity contribution in [2.45, 2.75) is 57.9 Å².